The Labute approximate surface area is 128 Å². The first-order chi connectivity index (χ1) is 9.79. The van der Waals surface area contributed by atoms with Gasteiger partial charge >= 0.3 is 0 Å². The van der Waals surface area contributed by atoms with Crippen molar-refractivity contribution in [3.8, 4) is 0 Å². The number of carbonyl (C=O) groups is 1. The van der Waals surface area contributed by atoms with E-state index >= 15 is 0 Å². The van der Waals surface area contributed by atoms with Gasteiger partial charge in [-0.2, -0.15) is 0 Å². The van der Waals surface area contributed by atoms with E-state index in [2.05, 4.69) is 31.0 Å². The van der Waals surface area contributed by atoms with Crippen LogP contribution in [-0.4, -0.2) is 37.0 Å². The molecule has 0 aliphatic heterocycles. The molecule has 1 amide bonds. The maximum absolute atomic E-state index is 12.2. The van der Waals surface area contributed by atoms with E-state index in [1.165, 1.54) is 5.56 Å². The van der Waals surface area contributed by atoms with Gasteiger partial charge in [-0.3, -0.25) is 9.69 Å². The molecule has 0 radical (unpaired) electrons. The number of nitrogens with two attached hydrogens (primary N) is 1. The van der Waals surface area contributed by atoms with Crippen LogP contribution in [0, 0.1) is 19.3 Å². The minimum Gasteiger partial charge on any atom is -0.330 e. The molecule has 4 heteroatoms. The lowest BCUT2D eigenvalue weighted by Crippen LogP contribution is -2.42. The van der Waals surface area contributed by atoms with Crippen LogP contribution in [-0.2, 0) is 4.79 Å². The van der Waals surface area contributed by atoms with E-state index in [-0.39, 0.29) is 11.3 Å². The average Bonchev–Trinajstić information content (AvgIpc) is 2.43. The Balaban J connectivity index is 2.65. The van der Waals surface area contributed by atoms with Gasteiger partial charge in [-0.1, -0.05) is 32.9 Å². The second kappa shape index (κ2) is 7.57. The SMILES string of the molecule is CCN(CC(=O)Nc1cccc(C)c1C)CC(C)(C)CN. The summed E-state index contributed by atoms with van der Waals surface area (Å²) in [6.07, 6.45) is 0. The average molecular weight is 291 g/mol. The zero-order valence-electron chi connectivity index (χ0n) is 14.0. The third kappa shape index (κ3) is 5.48. The lowest BCUT2D eigenvalue weighted by molar-refractivity contribution is -0.117. The molecule has 21 heavy (non-hydrogen) atoms. The fourth-order valence-corrected chi connectivity index (χ4v) is 2.23. The molecule has 0 spiro atoms. The van der Waals surface area contributed by atoms with Gasteiger partial charge in [0.25, 0.3) is 0 Å². The molecule has 0 saturated heterocycles. The molecule has 1 rings (SSSR count). The summed E-state index contributed by atoms with van der Waals surface area (Å²) in [5.74, 6) is 0.0263. The van der Waals surface area contributed by atoms with E-state index in [0.29, 0.717) is 13.1 Å². The third-order valence-corrected chi connectivity index (χ3v) is 3.90. The van der Waals surface area contributed by atoms with Crippen molar-refractivity contribution in [2.45, 2.75) is 34.6 Å². The second-order valence-electron chi connectivity index (χ2n) is 6.47. The Morgan fingerprint density at radius 3 is 2.57 bits per heavy atom. The zero-order chi connectivity index (χ0) is 16.0. The molecule has 118 valence electrons. The summed E-state index contributed by atoms with van der Waals surface area (Å²) in [5, 5.41) is 3.01. The van der Waals surface area contributed by atoms with Gasteiger partial charge in [0.1, 0.15) is 0 Å². The van der Waals surface area contributed by atoms with Gasteiger partial charge in [0.15, 0.2) is 0 Å². The summed E-state index contributed by atoms with van der Waals surface area (Å²) in [6, 6.07) is 5.96. The van der Waals surface area contributed by atoms with Crippen LogP contribution >= 0.6 is 0 Å². The van der Waals surface area contributed by atoms with Gasteiger partial charge < -0.3 is 11.1 Å². The summed E-state index contributed by atoms with van der Waals surface area (Å²) < 4.78 is 0. The molecule has 0 atom stereocenters. The van der Waals surface area contributed by atoms with E-state index in [9.17, 15) is 4.79 Å². The van der Waals surface area contributed by atoms with Gasteiger partial charge in [-0.15, -0.1) is 0 Å². The Hall–Kier alpha value is -1.39. The van der Waals surface area contributed by atoms with Gasteiger partial charge in [0.05, 0.1) is 6.54 Å². The van der Waals surface area contributed by atoms with E-state index < -0.39 is 0 Å². The molecule has 4 nitrogen and oxygen atoms in total. The van der Waals surface area contributed by atoms with E-state index in [4.69, 9.17) is 5.73 Å². The first-order valence-corrected chi connectivity index (χ1v) is 7.57. The number of benzene rings is 1. The van der Waals surface area contributed by atoms with E-state index in [1.54, 1.807) is 0 Å². The summed E-state index contributed by atoms with van der Waals surface area (Å²) in [6.45, 7) is 13.1. The minimum absolute atomic E-state index is 0.0234. The molecule has 0 aliphatic rings. The minimum atomic E-state index is 0.0234. The van der Waals surface area contributed by atoms with Crippen LogP contribution < -0.4 is 11.1 Å². The number of nitrogens with one attached hydrogen (secondary N) is 1. The molecule has 0 heterocycles. The zero-order valence-corrected chi connectivity index (χ0v) is 14.0. The molecule has 0 unspecified atom stereocenters. The fraction of sp³-hybridized carbons (Fsp3) is 0.588. The van der Waals surface area contributed by atoms with Crippen LogP contribution in [0.2, 0.25) is 0 Å². The monoisotopic (exact) mass is 291 g/mol. The maximum atomic E-state index is 12.2. The Morgan fingerprint density at radius 1 is 1.33 bits per heavy atom. The summed E-state index contributed by atoms with van der Waals surface area (Å²) in [7, 11) is 0. The second-order valence-corrected chi connectivity index (χ2v) is 6.47. The number of likely N-dealkylation sites (N-methyl/N-ethyl adjacent to an activating group) is 1. The smallest absolute Gasteiger partial charge is 0.238 e. The predicted molar refractivity (Wildman–Crippen MR) is 89.5 cm³/mol. The molecule has 3 N–H and O–H groups in total. The largest absolute Gasteiger partial charge is 0.330 e. The highest BCUT2D eigenvalue weighted by molar-refractivity contribution is 5.93. The van der Waals surface area contributed by atoms with Crippen molar-refractivity contribution in [3.05, 3.63) is 29.3 Å². The van der Waals surface area contributed by atoms with Crippen molar-refractivity contribution in [3.63, 3.8) is 0 Å². The van der Waals surface area contributed by atoms with Crippen LogP contribution in [0.4, 0.5) is 5.69 Å². The van der Waals surface area contributed by atoms with Gasteiger partial charge in [0, 0.05) is 12.2 Å². The highest BCUT2D eigenvalue weighted by atomic mass is 16.2. The van der Waals surface area contributed by atoms with Crippen LogP contribution in [0.5, 0.6) is 0 Å². The van der Waals surface area contributed by atoms with Crippen molar-refractivity contribution >= 4 is 11.6 Å². The molecule has 1 aromatic rings. The summed E-state index contributed by atoms with van der Waals surface area (Å²) in [4.78, 5) is 14.4. The first-order valence-electron chi connectivity index (χ1n) is 7.57. The van der Waals surface area contributed by atoms with Gasteiger partial charge in [-0.25, -0.2) is 0 Å². The van der Waals surface area contributed by atoms with Crippen molar-refractivity contribution in [1.82, 2.24) is 4.90 Å². The number of aryl methyl sites for hydroxylation is 1. The molecular formula is C17H29N3O. The van der Waals surface area contributed by atoms with Crippen LogP contribution in [0.1, 0.15) is 31.9 Å². The fourth-order valence-electron chi connectivity index (χ4n) is 2.23. The topological polar surface area (TPSA) is 58.4 Å². The molecular weight excluding hydrogens is 262 g/mol. The molecule has 0 fully saturated rings. The highest BCUT2D eigenvalue weighted by Gasteiger charge is 2.21. The number of rotatable bonds is 7. The third-order valence-electron chi connectivity index (χ3n) is 3.90. The number of hydrogen-bond donors (Lipinski definition) is 2. The van der Waals surface area contributed by atoms with Gasteiger partial charge in [-0.05, 0) is 49.5 Å². The summed E-state index contributed by atoms with van der Waals surface area (Å²) >= 11 is 0. The van der Waals surface area contributed by atoms with Crippen LogP contribution in [0.15, 0.2) is 18.2 Å². The number of amides is 1. The predicted octanol–water partition coefficient (Wildman–Crippen LogP) is 2.55. The van der Waals surface area contributed by atoms with Crippen LogP contribution in [0.25, 0.3) is 0 Å². The van der Waals surface area contributed by atoms with Crippen molar-refractivity contribution in [1.29, 1.82) is 0 Å². The van der Waals surface area contributed by atoms with Crippen molar-refractivity contribution in [2.75, 3.05) is 31.5 Å². The number of carbonyl (C=O) groups excluding carboxylic acids is 1. The Bertz CT molecular complexity index is 483. The molecule has 0 aromatic heterocycles. The maximum Gasteiger partial charge on any atom is 0.238 e. The Morgan fingerprint density at radius 2 is 2.00 bits per heavy atom. The Kier molecular flexibility index (Phi) is 6.37. The number of anilines is 1. The van der Waals surface area contributed by atoms with E-state index in [0.717, 1.165) is 24.3 Å². The lowest BCUT2D eigenvalue weighted by atomic mass is 9.93. The van der Waals surface area contributed by atoms with Crippen LogP contribution in [0.3, 0.4) is 0 Å². The molecule has 0 saturated carbocycles. The van der Waals surface area contributed by atoms with Crippen molar-refractivity contribution in [2.24, 2.45) is 11.1 Å². The number of hydrogen-bond acceptors (Lipinski definition) is 3. The highest BCUT2D eigenvalue weighted by Crippen LogP contribution is 2.18. The van der Waals surface area contributed by atoms with Crippen molar-refractivity contribution < 1.29 is 4.79 Å². The molecule has 0 aliphatic carbocycles. The van der Waals surface area contributed by atoms with Gasteiger partial charge in [0.2, 0.25) is 5.91 Å². The number of nitrogens with zero attached hydrogens (tertiary/aromatic N) is 1. The van der Waals surface area contributed by atoms with E-state index in [1.807, 2.05) is 32.0 Å². The quantitative estimate of drug-likeness (QED) is 0.811. The normalized spacial score (nSPS) is 11.8. The molecule has 1 aromatic carbocycles. The first kappa shape index (κ1) is 17.7. The standard InChI is InChI=1S/C17H29N3O/c1-6-20(12-17(4,5)11-18)10-16(21)19-15-9-7-8-13(2)14(15)3/h7-9H,6,10-12,18H2,1-5H3,(H,19,21). The molecule has 0 bridgehead atoms. The lowest BCUT2D eigenvalue weighted by Gasteiger charge is -2.30. The summed E-state index contributed by atoms with van der Waals surface area (Å²) in [5.41, 5.74) is 9.00.